The van der Waals surface area contributed by atoms with E-state index in [4.69, 9.17) is 0 Å². The molecular formula is C9H13N3. The molecule has 0 saturated heterocycles. The van der Waals surface area contributed by atoms with Gasteiger partial charge in [0.1, 0.15) is 0 Å². The molecule has 0 aliphatic rings. The second-order valence-corrected chi connectivity index (χ2v) is 1.77. The molecule has 12 heavy (non-hydrogen) atoms. The summed E-state index contributed by atoms with van der Waals surface area (Å²) in [7, 11) is 0. The maximum atomic E-state index is 3.97. The number of aliphatic imine (C=N–C) groups is 1. The molecular weight excluding hydrogens is 150 g/mol. The molecule has 0 radical (unpaired) electrons. The Balaban J connectivity index is 4.65. The van der Waals surface area contributed by atoms with E-state index in [1.807, 2.05) is 6.92 Å². The van der Waals surface area contributed by atoms with Crippen LogP contribution in [0, 0.1) is 0 Å². The maximum absolute atomic E-state index is 3.97. The Morgan fingerprint density at radius 1 is 1.33 bits per heavy atom. The zero-order chi connectivity index (χ0) is 9.40. The van der Waals surface area contributed by atoms with Gasteiger partial charge in [-0.2, -0.15) is 5.10 Å². The second-order valence-electron chi connectivity index (χ2n) is 1.77. The largest absolute Gasteiger partial charge is 0.238 e. The Labute approximate surface area is 73.1 Å². The van der Waals surface area contributed by atoms with E-state index < -0.39 is 0 Å². The van der Waals surface area contributed by atoms with Gasteiger partial charge in [-0.25, -0.2) is 10.0 Å². The number of hydrogen-bond donors (Lipinski definition) is 0. The Morgan fingerprint density at radius 2 is 2.00 bits per heavy atom. The SMILES string of the molecule is C=C/N=C(/C=C)N(C=C)/N=C\C. The van der Waals surface area contributed by atoms with Crippen LogP contribution in [-0.4, -0.2) is 17.1 Å². The summed E-state index contributed by atoms with van der Waals surface area (Å²) < 4.78 is 0. The first kappa shape index (κ1) is 10.4. The summed E-state index contributed by atoms with van der Waals surface area (Å²) in [5.74, 6) is 0.595. The minimum atomic E-state index is 0.595. The Kier molecular flexibility index (Phi) is 5.26. The van der Waals surface area contributed by atoms with Crippen molar-refractivity contribution >= 4 is 12.1 Å². The lowest BCUT2D eigenvalue weighted by Crippen LogP contribution is -2.16. The first-order valence-corrected chi connectivity index (χ1v) is 3.51. The molecule has 0 N–H and O–H groups in total. The first-order valence-electron chi connectivity index (χ1n) is 3.51. The van der Waals surface area contributed by atoms with E-state index in [-0.39, 0.29) is 0 Å². The lowest BCUT2D eigenvalue weighted by atomic mass is 10.5. The summed E-state index contributed by atoms with van der Waals surface area (Å²) in [4.78, 5) is 3.94. The quantitative estimate of drug-likeness (QED) is 0.354. The molecule has 0 rings (SSSR count). The van der Waals surface area contributed by atoms with E-state index in [1.54, 1.807) is 18.5 Å². The summed E-state index contributed by atoms with van der Waals surface area (Å²) in [6.07, 6.45) is 6.20. The summed E-state index contributed by atoms with van der Waals surface area (Å²) in [5.41, 5.74) is 0. The maximum Gasteiger partial charge on any atom is 0.152 e. The van der Waals surface area contributed by atoms with Crippen molar-refractivity contribution in [1.82, 2.24) is 5.01 Å². The fourth-order valence-electron chi connectivity index (χ4n) is 0.623. The summed E-state index contributed by atoms with van der Waals surface area (Å²) in [6.45, 7) is 12.5. The van der Waals surface area contributed by atoms with E-state index >= 15 is 0 Å². The molecule has 0 aliphatic heterocycles. The van der Waals surface area contributed by atoms with Crippen LogP contribution in [0.15, 0.2) is 48.3 Å². The van der Waals surface area contributed by atoms with Crippen molar-refractivity contribution in [3.05, 3.63) is 38.2 Å². The van der Waals surface area contributed by atoms with Crippen molar-refractivity contribution in [2.45, 2.75) is 6.92 Å². The van der Waals surface area contributed by atoms with Crippen molar-refractivity contribution in [2.24, 2.45) is 10.1 Å². The predicted octanol–water partition coefficient (Wildman–Crippen LogP) is 2.17. The highest BCUT2D eigenvalue weighted by Crippen LogP contribution is 1.95. The summed E-state index contributed by atoms with van der Waals surface area (Å²) >= 11 is 0. The fourth-order valence-corrected chi connectivity index (χ4v) is 0.623. The predicted molar refractivity (Wildman–Crippen MR) is 54.0 cm³/mol. The second kappa shape index (κ2) is 6.09. The highest BCUT2D eigenvalue weighted by molar-refractivity contribution is 5.93. The van der Waals surface area contributed by atoms with E-state index in [9.17, 15) is 0 Å². The van der Waals surface area contributed by atoms with Gasteiger partial charge in [0, 0.05) is 18.6 Å². The molecule has 3 heteroatoms. The van der Waals surface area contributed by atoms with Crippen LogP contribution < -0.4 is 0 Å². The van der Waals surface area contributed by atoms with Gasteiger partial charge in [-0.15, -0.1) is 0 Å². The number of hydrazone groups is 1. The molecule has 0 fully saturated rings. The van der Waals surface area contributed by atoms with Crippen LogP contribution in [0.1, 0.15) is 6.92 Å². The molecule has 0 saturated carbocycles. The normalized spacial score (nSPS) is 11.2. The molecule has 0 bridgehead atoms. The van der Waals surface area contributed by atoms with Crippen LogP contribution in [0.2, 0.25) is 0 Å². The molecule has 0 atom stereocenters. The minimum Gasteiger partial charge on any atom is -0.238 e. The zero-order valence-electron chi connectivity index (χ0n) is 7.27. The van der Waals surface area contributed by atoms with E-state index in [2.05, 4.69) is 29.8 Å². The molecule has 3 nitrogen and oxygen atoms in total. The number of nitrogens with zero attached hydrogens (tertiary/aromatic N) is 3. The fraction of sp³-hybridized carbons (Fsp3) is 0.111. The van der Waals surface area contributed by atoms with E-state index in [1.165, 1.54) is 11.2 Å². The molecule has 0 amide bonds. The highest BCUT2D eigenvalue weighted by atomic mass is 15.5. The van der Waals surface area contributed by atoms with Crippen molar-refractivity contribution in [2.75, 3.05) is 0 Å². The molecule has 64 valence electrons. The van der Waals surface area contributed by atoms with Crippen LogP contribution in [-0.2, 0) is 0 Å². The molecule has 0 unspecified atom stereocenters. The zero-order valence-corrected chi connectivity index (χ0v) is 7.27. The standard InChI is InChI=1S/C9H13N3/c1-5-9(10-6-2)12(8-4)11-7-3/h5-8H,1-2,4H2,3H3/b10-9-,11-7-. The van der Waals surface area contributed by atoms with Crippen molar-refractivity contribution < 1.29 is 0 Å². The van der Waals surface area contributed by atoms with Gasteiger partial charge in [0.15, 0.2) is 5.84 Å². The van der Waals surface area contributed by atoms with Crippen LogP contribution in [0.4, 0.5) is 0 Å². The lowest BCUT2D eigenvalue weighted by Gasteiger charge is -2.11. The summed E-state index contributed by atoms with van der Waals surface area (Å²) in [5, 5.41) is 5.48. The Morgan fingerprint density at radius 3 is 2.33 bits per heavy atom. The number of rotatable bonds is 4. The van der Waals surface area contributed by atoms with E-state index in [0.29, 0.717) is 5.84 Å². The third-order valence-corrected chi connectivity index (χ3v) is 1.05. The average Bonchev–Trinajstić information content (AvgIpc) is 2.11. The minimum absolute atomic E-state index is 0.595. The average molecular weight is 163 g/mol. The van der Waals surface area contributed by atoms with Crippen LogP contribution in [0.5, 0.6) is 0 Å². The van der Waals surface area contributed by atoms with Gasteiger partial charge in [-0.05, 0) is 13.0 Å². The third-order valence-electron chi connectivity index (χ3n) is 1.05. The Bertz CT molecular complexity index is 226. The van der Waals surface area contributed by atoms with Crippen molar-refractivity contribution in [1.29, 1.82) is 0 Å². The topological polar surface area (TPSA) is 28.0 Å². The lowest BCUT2D eigenvalue weighted by molar-refractivity contribution is 0.610. The van der Waals surface area contributed by atoms with Gasteiger partial charge < -0.3 is 0 Å². The smallest absolute Gasteiger partial charge is 0.152 e. The molecule has 0 heterocycles. The number of amidine groups is 1. The van der Waals surface area contributed by atoms with E-state index in [0.717, 1.165) is 0 Å². The van der Waals surface area contributed by atoms with Crippen LogP contribution >= 0.6 is 0 Å². The molecule has 0 aromatic carbocycles. The van der Waals surface area contributed by atoms with Gasteiger partial charge in [0.25, 0.3) is 0 Å². The van der Waals surface area contributed by atoms with Gasteiger partial charge >= 0.3 is 0 Å². The molecule has 0 aromatic heterocycles. The monoisotopic (exact) mass is 163 g/mol. The van der Waals surface area contributed by atoms with Gasteiger partial charge in [0.05, 0.1) is 0 Å². The molecule has 0 aromatic rings. The summed E-state index contributed by atoms with van der Waals surface area (Å²) in [6, 6.07) is 0. The van der Waals surface area contributed by atoms with Crippen molar-refractivity contribution in [3.63, 3.8) is 0 Å². The van der Waals surface area contributed by atoms with Crippen molar-refractivity contribution in [3.8, 4) is 0 Å². The van der Waals surface area contributed by atoms with Crippen LogP contribution in [0.25, 0.3) is 0 Å². The highest BCUT2D eigenvalue weighted by Gasteiger charge is 1.98. The number of hydrogen-bond acceptors (Lipinski definition) is 2. The Hall–Kier alpha value is -1.64. The molecule has 0 spiro atoms. The van der Waals surface area contributed by atoms with Gasteiger partial charge in [-0.3, -0.25) is 0 Å². The van der Waals surface area contributed by atoms with Gasteiger partial charge in [-0.1, -0.05) is 19.7 Å². The molecule has 0 aliphatic carbocycles. The third kappa shape index (κ3) is 2.96. The van der Waals surface area contributed by atoms with Crippen LogP contribution in [0.3, 0.4) is 0 Å². The van der Waals surface area contributed by atoms with Gasteiger partial charge in [0.2, 0.25) is 0 Å². The first-order chi connectivity index (χ1) is 5.79.